The first-order valence-corrected chi connectivity index (χ1v) is 8.69. The molecule has 0 aliphatic carbocycles. The lowest BCUT2D eigenvalue weighted by molar-refractivity contribution is -0.129. The third-order valence-corrected chi connectivity index (χ3v) is 5.15. The molecule has 5 heteroatoms. The van der Waals surface area contributed by atoms with Gasteiger partial charge in [-0.25, -0.2) is 0 Å². The fourth-order valence-corrected chi connectivity index (χ4v) is 3.39. The second-order valence-corrected chi connectivity index (χ2v) is 7.10. The zero-order valence-corrected chi connectivity index (χ0v) is 14.3. The molecule has 1 aromatic rings. The zero-order chi connectivity index (χ0) is 15.4. The Morgan fingerprint density at radius 1 is 1.43 bits per heavy atom. The van der Waals surface area contributed by atoms with E-state index in [4.69, 9.17) is 0 Å². The van der Waals surface area contributed by atoms with Crippen LogP contribution in [0.3, 0.4) is 0 Å². The molecule has 0 saturated carbocycles. The van der Waals surface area contributed by atoms with E-state index in [1.165, 1.54) is 4.88 Å². The van der Waals surface area contributed by atoms with Crippen LogP contribution < -0.4 is 5.32 Å². The summed E-state index contributed by atoms with van der Waals surface area (Å²) in [5.74, 6) is 0.227. The van der Waals surface area contributed by atoms with Gasteiger partial charge in [0.25, 0.3) is 0 Å². The van der Waals surface area contributed by atoms with Crippen LogP contribution in [0, 0.1) is 0 Å². The van der Waals surface area contributed by atoms with Crippen LogP contribution >= 0.6 is 11.3 Å². The summed E-state index contributed by atoms with van der Waals surface area (Å²) < 4.78 is 0. The van der Waals surface area contributed by atoms with Gasteiger partial charge in [0.2, 0.25) is 5.91 Å². The highest BCUT2D eigenvalue weighted by atomic mass is 32.1. The third-order valence-electron chi connectivity index (χ3n) is 4.23. The third kappa shape index (κ3) is 4.05. The number of nitrogens with zero attached hydrogens (tertiary/aromatic N) is 2. The molecule has 2 unspecified atom stereocenters. The Labute approximate surface area is 132 Å². The van der Waals surface area contributed by atoms with Crippen molar-refractivity contribution in [2.75, 3.05) is 20.1 Å². The highest BCUT2D eigenvalue weighted by molar-refractivity contribution is 7.10. The average molecular weight is 309 g/mol. The SMILES string of the molecule is CC1NC(c2cccs2)N(CCCCN(C)C(C)C)C1=O. The molecule has 0 bridgehead atoms. The van der Waals surface area contributed by atoms with Crippen LogP contribution in [0.2, 0.25) is 0 Å². The van der Waals surface area contributed by atoms with E-state index in [1.807, 2.05) is 17.9 Å². The van der Waals surface area contributed by atoms with Crippen LogP contribution in [0.15, 0.2) is 17.5 Å². The summed E-state index contributed by atoms with van der Waals surface area (Å²) in [6, 6.07) is 4.66. The minimum absolute atomic E-state index is 0.0651. The Balaban J connectivity index is 1.86. The van der Waals surface area contributed by atoms with Gasteiger partial charge in [0.1, 0.15) is 6.17 Å². The Bertz CT molecular complexity index is 446. The normalized spacial score (nSPS) is 22.8. The molecule has 0 spiro atoms. The van der Waals surface area contributed by atoms with E-state index in [2.05, 4.69) is 42.6 Å². The number of rotatable bonds is 7. The number of carbonyl (C=O) groups excluding carboxylic acids is 1. The van der Waals surface area contributed by atoms with Crippen LogP contribution in [0.4, 0.5) is 0 Å². The molecule has 1 N–H and O–H groups in total. The number of amides is 1. The van der Waals surface area contributed by atoms with Crippen molar-refractivity contribution in [3.63, 3.8) is 0 Å². The summed E-state index contributed by atoms with van der Waals surface area (Å²) in [4.78, 5) is 17.9. The van der Waals surface area contributed by atoms with Gasteiger partial charge in [0.15, 0.2) is 0 Å². The summed E-state index contributed by atoms with van der Waals surface area (Å²) >= 11 is 1.71. The molecule has 118 valence electrons. The molecule has 1 fully saturated rings. The van der Waals surface area contributed by atoms with Gasteiger partial charge >= 0.3 is 0 Å². The van der Waals surface area contributed by atoms with Gasteiger partial charge in [-0.3, -0.25) is 10.1 Å². The number of thiophene rings is 1. The molecular weight excluding hydrogens is 282 g/mol. The number of carbonyl (C=O) groups is 1. The molecule has 2 rings (SSSR count). The molecule has 1 aliphatic heterocycles. The van der Waals surface area contributed by atoms with Crippen LogP contribution in [0.5, 0.6) is 0 Å². The van der Waals surface area contributed by atoms with E-state index < -0.39 is 0 Å². The van der Waals surface area contributed by atoms with Crippen molar-refractivity contribution < 1.29 is 4.79 Å². The van der Waals surface area contributed by atoms with Crippen molar-refractivity contribution in [1.82, 2.24) is 15.1 Å². The molecule has 1 saturated heterocycles. The van der Waals surface area contributed by atoms with Crippen molar-refractivity contribution in [2.24, 2.45) is 0 Å². The summed E-state index contributed by atoms with van der Waals surface area (Å²) in [6.07, 6.45) is 2.25. The van der Waals surface area contributed by atoms with E-state index in [9.17, 15) is 4.79 Å². The topological polar surface area (TPSA) is 35.6 Å². The maximum atomic E-state index is 12.3. The smallest absolute Gasteiger partial charge is 0.241 e. The van der Waals surface area contributed by atoms with Crippen molar-refractivity contribution in [3.8, 4) is 0 Å². The highest BCUT2D eigenvalue weighted by Gasteiger charge is 2.36. The maximum Gasteiger partial charge on any atom is 0.241 e. The van der Waals surface area contributed by atoms with Gasteiger partial charge in [-0.15, -0.1) is 11.3 Å². The first-order valence-electron chi connectivity index (χ1n) is 7.81. The van der Waals surface area contributed by atoms with Crippen LogP contribution in [-0.4, -0.2) is 47.9 Å². The second kappa shape index (κ2) is 7.38. The lowest BCUT2D eigenvalue weighted by atomic mass is 10.2. The monoisotopic (exact) mass is 309 g/mol. The molecule has 0 aromatic carbocycles. The molecule has 2 atom stereocenters. The largest absolute Gasteiger partial charge is 0.321 e. The standard InChI is InChI=1S/C16H27N3OS/c1-12(2)18(4)9-5-6-10-19-15(14-8-7-11-21-14)17-13(3)16(19)20/h7-8,11-13,15,17H,5-6,9-10H2,1-4H3. The van der Waals surface area contributed by atoms with E-state index in [1.54, 1.807) is 11.3 Å². The van der Waals surface area contributed by atoms with Crippen molar-refractivity contribution in [3.05, 3.63) is 22.4 Å². The second-order valence-electron chi connectivity index (χ2n) is 6.12. The number of hydrogen-bond donors (Lipinski definition) is 1. The fourth-order valence-electron chi connectivity index (χ4n) is 2.60. The van der Waals surface area contributed by atoms with Crippen LogP contribution in [-0.2, 0) is 4.79 Å². The van der Waals surface area contributed by atoms with E-state index in [0.29, 0.717) is 6.04 Å². The van der Waals surface area contributed by atoms with Crippen LogP contribution in [0.25, 0.3) is 0 Å². The predicted octanol–water partition coefficient (Wildman–Crippen LogP) is 2.69. The summed E-state index contributed by atoms with van der Waals surface area (Å²) in [5.41, 5.74) is 0. The predicted molar refractivity (Wildman–Crippen MR) is 88.4 cm³/mol. The fraction of sp³-hybridized carbons (Fsp3) is 0.688. The average Bonchev–Trinajstić information content (AvgIpc) is 3.05. The lowest BCUT2D eigenvalue weighted by Crippen LogP contribution is -2.32. The first kappa shape index (κ1) is 16.5. The van der Waals surface area contributed by atoms with E-state index >= 15 is 0 Å². The molecule has 21 heavy (non-hydrogen) atoms. The summed E-state index contributed by atoms with van der Waals surface area (Å²) in [6.45, 7) is 8.30. The summed E-state index contributed by atoms with van der Waals surface area (Å²) in [7, 11) is 2.16. The van der Waals surface area contributed by atoms with Gasteiger partial charge in [-0.2, -0.15) is 0 Å². The molecular formula is C16H27N3OS. The number of unbranched alkanes of at least 4 members (excludes halogenated alkanes) is 1. The molecule has 4 nitrogen and oxygen atoms in total. The van der Waals surface area contributed by atoms with Gasteiger partial charge in [0.05, 0.1) is 6.04 Å². The minimum Gasteiger partial charge on any atom is -0.321 e. The molecule has 2 heterocycles. The Kier molecular flexibility index (Phi) is 5.79. The summed E-state index contributed by atoms with van der Waals surface area (Å²) in [5, 5.41) is 5.47. The van der Waals surface area contributed by atoms with Gasteiger partial charge < -0.3 is 9.80 Å². The number of hydrogen-bond acceptors (Lipinski definition) is 4. The zero-order valence-electron chi connectivity index (χ0n) is 13.5. The highest BCUT2D eigenvalue weighted by Crippen LogP contribution is 2.28. The Morgan fingerprint density at radius 2 is 2.19 bits per heavy atom. The van der Waals surface area contributed by atoms with Gasteiger partial charge in [-0.05, 0) is 58.7 Å². The van der Waals surface area contributed by atoms with Crippen molar-refractivity contribution >= 4 is 17.2 Å². The Morgan fingerprint density at radius 3 is 2.81 bits per heavy atom. The van der Waals surface area contributed by atoms with E-state index in [0.717, 1.165) is 25.9 Å². The number of nitrogens with one attached hydrogen (secondary N) is 1. The molecule has 0 radical (unpaired) electrons. The quantitative estimate of drug-likeness (QED) is 0.787. The molecule has 1 aliphatic rings. The maximum absolute atomic E-state index is 12.3. The first-order chi connectivity index (χ1) is 10.0. The minimum atomic E-state index is -0.0737. The molecule has 1 aromatic heterocycles. The Hall–Kier alpha value is -0.910. The lowest BCUT2D eigenvalue weighted by Gasteiger charge is -2.25. The van der Waals surface area contributed by atoms with E-state index in [-0.39, 0.29) is 18.1 Å². The van der Waals surface area contributed by atoms with Crippen molar-refractivity contribution in [1.29, 1.82) is 0 Å². The van der Waals surface area contributed by atoms with Gasteiger partial charge in [0, 0.05) is 17.5 Å². The van der Waals surface area contributed by atoms with Crippen LogP contribution in [0.1, 0.15) is 44.7 Å². The molecule has 1 amide bonds. The van der Waals surface area contributed by atoms with Gasteiger partial charge in [-0.1, -0.05) is 6.07 Å². The van der Waals surface area contributed by atoms with Crippen molar-refractivity contribution in [2.45, 2.75) is 51.9 Å².